The largest absolute Gasteiger partial charge is 0.436 e. The van der Waals surface area contributed by atoms with Gasteiger partial charge in [-0.3, -0.25) is 4.79 Å². The zero-order chi connectivity index (χ0) is 15.1. The molecule has 1 aliphatic carbocycles. The van der Waals surface area contributed by atoms with Gasteiger partial charge >= 0.3 is 0 Å². The Morgan fingerprint density at radius 3 is 2.68 bits per heavy atom. The lowest BCUT2D eigenvalue weighted by Crippen LogP contribution is -2.12. The number of halogens is 1. The Balaban J connectivity index is 1.59. The predicted molar refractivity (Wildman–Crippen MR) is 85.8 cm³/mol. The van der Waals surface area contributed by atoms with E-state index in [-0.39, 0.29) is 11.8 Å². The van der Waals surface area contributed by atoms with Gasteiger partial charge in [-0.2, -0.15) is 0 Å². The van der Waals surface area contributed by atoms with Crippen molar-refractivity contribution in [1.29, 1.82) is 0 Å². The van der Waals surface area contributed by atoms with Crippen LogP contribution in [0.3, 0.4) is 0 Å². The van der Waals surface area contributed by atoms with Crippen LogP contribution in [0.4, 0.5) is 5.69 Å². The van der Waals surface area contributed by atoms with Crippen LogP contribution in [0.15, 0.2) is 46.9 Å². The normalized spacial score (nSPS) is 14.2. The first-order valence-electron chi connectivity index (χ1n) is 7.16. The van der Waals surface area contributed by atoms with E-state index in [9.17, 15) is 4.79 Å². The molecular weight excluding hydrogens is 300 g/mol. The number of aromatic nitrogens is 1. The van der Waals surface area contributed by atoms with Crippen molar-refractivity contribution in [3.8, 4) is 11.5 Å². The fraction of sp³-hybridized carbons (Fsp3) is 0.176. The summed E-state index contributed by atoms with van der Waals surface area (Å²) in [7, 11) is 0. The smallest absolute Gasteiger partial charge is 0.227 e. The molecule has 4 nitrogen and oxygen atoms in total. The van der Waals surface area contributed by atoms with Crippen LogP contribution in [0.2, 0.25) is 5.02 Å². The molecule has 22 heavy (non-hydrogen) atoms. The molecular formula is C17H13ClN2O2. The lowest BCUT2D eigenvalue weighted by Gasteiger charge is -2.04. The maximum Gasteiger partial charge on any atom is 0.227 e. The van der Waals surface area contributed by atoms with E-state index in [1.54, 1.807) is 18.2 Å². The Kier molecular flexibility index (Phi) is 3.12. The van der Waals surface area contributed by atoms with Crippen molar-refractivity contribution in [2.75, 3.05) is 5.32 Å². The number of fused-ring (bicyclic) bond motifs is 1. The summed E-state index contributed by atoms with van der Waals surface area (Å²) in [5, 5.41) is 3.54. The number of rotatable bonds is 3. The van der Waals surface area contributed by atoms with Crippen LogP contribution in [-0.2, 0) is 4.79 Å². The lowest BCUT2D eigenvalue weighted by atomic mass is 10.2. The van der Waals surface area contributed by atoms with Crippen LogP contribution >= 0.6 is 11.6 Å². The number of carbonyl (C=O) groups excluding carboxylic acids is 1. The number of hydrogen-bond donors (Lipinski definition) is 1. The monoisotopic (exact) mass is 312 g/mol. The number of anilines is 1. The van der Waals surface area contributed by atoms with Gasteiger partial charge in [-0.25, -0.2) is 4.98 Å². The van der Waals surface area contributed by atoms with E-state index in [0.717, 1.165) is 29.6 Å². The summed E-state index contributed by atoms with van der Waals surface area (Å²) in [4.78, 5) is 16.2. The van der Waals surface area contributed by atoms with E-state index in [1.807, 2.05) is 24.3 Å². The highest BCUT2D eigenvalue weighted by molar-refractivity contribution is 6.31. The molecule has 0 atom stereocenters. The molecule has 0 radical (unpaired) electrons. The second-order valence-corrected chi connectivity index (χ2v) is 5.91. The molecule has 1 saturated carbocycles. The summed E-state index contributed by atoms with van der Waals surface area (Å²) in [5.41, 5.74) is 3.08. The van der Waals surface area contributed by atoms with Crippen molar-refractivity contribution < 1.29 is 9.21 Å². The van der Waals surface area contributed by atoms with Crippen LogP contribution in [-0.4, -0.2) is 10.9 Å². The van der Waals surface area contributed by atoms with E-state index >= 15 is 0 Å². The summed E-state index contributed by atoms with van der Waals surface area (Å²) >= 11 is 5.95. The van der Waals surface area contributed by atoms with Crippen LogP contribution in [0.5, 0.6) is 0 Å². The summed E-state index contributed by atoms with van der Waals surface area (Å²) in [6, 6.07) is 12.8. The minimum atomic E-state index is 0.101. The van der Waals surface area contributed by atoms with Crippen LogP contribution < -0.4 is 5.32 Å². The molecule has 1 aliphatic rings. The molecule has 5 heteroatoms. The van der Waals surface area contributed by atoms with Gasteiger partial charge in [-0.1, -0.05) is 11.6 Å². The Morgan fingerprint density at radius 2 is 1.95 bits per heavy atom. The first-order valence-corrected chi connectivity index (χ1v) is 7.54. The average Bonchev–Trinajstić information content (AvgIpc) is 3.28. The van der Waals surface area contributed by atoms with Crippen molar-refractivity contribution in [3.05, 3.63) is 47.5 Å². The molecule has 0 aliphatic heterocycles. The molecule has 1 aromatic heterocycles. The summed E-state index contributed by atoms with van der Waals surface area (Å²) in [6.45, 7) is 0. The minimum absolute atomic E-state index is 0.101. The third kappa shape index (κ3) is 2.57. The number of benzene rings is 2. The van der Waals surface area contributed by atoms with E-state index in [4.69, 9.17) is 16.0 Å². The Bertz CT molecular complexity index is 851. The second-order valence-electron chi connectivity index (χ2n) is 5.47. The molecule has 1 fully saturated rings. The van der Waals surface area contributed by atoms with E-state index in [0.29, 0.717) is 16.5 Å². The van der Waals surface area contributed by atoms with Gasteiger partial charge in [0.15, 0.2) is 5.58 Å². The van der Waals surface area contributed by atoms with Crippen LogP contribution in [0.25, 0.3) is 22.6 Å². The van der Waals surface area contributed by atoms with Crippen molar-refractivity contribution >= 4 is 34.3 Å². The molecule has 4 rings (SSSR count). The molecule has 3 aromatic rings. The van der Waals surface area contributed by atoms with Gasteiger partial charge in [0.05, 0.1) is 0 Å². The van der Waals surface area contributed by atoms with Gasteiger partial charge in [0.1, 0.15) is 5.52 Å². The highest BCUT2D eigenvalue weighted by Crippen LogP contribution is 2.31. The highest BCUT2D eigenvalue weighted by Gasteiger charge is 2.29. The number of amides is 1. The van der Waals surface area contributed by atoms with Gasteiger partial charge in [-0.15, -0.1) is 0 Å². The zero-order valence-electron chi connectivity index (χ0n) is 11.7. The number of nitrogens with zero attached hydrogens (tertiary/aromatic N) is 1. The van der Waals surface area contributed by atoms with E-state index in [1.165, 1.54) is 0 Å². The first-order chi connectivity index (χ1) is 10.7. The zero-order valence-corrected chi connectivity index (χ0v) is 12.4. The van der Waals surface area contributed by atoms with Gasteiger partial charge in [-0.05, 0) is 55.3 Å². The van der Waals surface area contributed by atoms with Crippen molar-refractivity contribution in [3.63, 3.8) is 0 Å². The van der Waals surface area contributed by atoms with Crippen molar-refractivity contribution in [2.45, 2.75) is 12.8 Å². The molecule has 0 unspecified atom stereocenters. The number of nitrogens with one attached hydrogen (secondary N) is 1. The van der Waals surface area contributed by atoms with Crippen molar-refractivity contribution in [2.24, 2.45) is 5.92 Å². The molecule has 2 aromatic carbocycles. The summed E-state index contributed by atoms with van der Waals surface area (Å²) < 4.78 is 5.72. The molecule has 1 amide bonds. The maximum absolute atomic E-state index is 11.7. The average molecular weight is 313 g/mol. The van der Waals surface area contributed by atoms with Gasteiger partial charge in [0.2, 0.25) is 11.8 Å². The fourth-order valence-corrected chi connectivity index (χ4v) is 2.48. The third-order valence-electron chi connectivity index (χ3n) is 3.70. The topological polar surface area (TPSA) is 55.1 Å². The fourth-order valence-electron chi connectivity index (χ4n) is 2.31. The Morgan fingerprint density at radius 1 is 1.18 bits per heavy atom. The van der Waals surface area contributed by atoms with Crippen LogP contribution in [0, 0.1) is 5.92 Å². The first kappa shape index (κ1) is 13.3. The molecule has 1 N–H and O–H groups in total. The third-order valence-corrected chi connectivity index (χ3v) is 3.93. The molecule has 1 heterocycles. The van der Waals surface area contributed by atoms with E-state index in [2.05, 4.69) is 10.3 Å². The van der Waals surface area contributed by atoms with Gasteiger partial charge in [0, 0.05) is 22.2 Å². The van der Waals surface area contributed by atoms with Gasteiger partial charge in [0.25, 0.3) is 0 Å². The van der Waals surface area contributed by atoms with Crippen molar-refractivity contribution in [1.82, 2.24) is 4.98 Å². The number of oxazole rings is 1. The van der Waals surface area contributed by atoms with Gasteiger partial charge < -0.3 is 9.73 Å². The Labute approximate surface area is 132 Å². The standard InChI is InChI=1S/C17H13ClN2O2/c18-12-5-8-15-14(9-12)20-17(22-15)11-3-6-13(7-4-11)19-16(21)10-1-2-10/h3-10H,1-2H2,(H,19,21). The molecule has 0 bridgehead atoms. The quantitative estimate of drug-likeness (QED) is 0.775. The lowest BCUT2D eigenvalue weighted by molar-refractivity contribution is -0.117. The summed E-state index contributed by atoms with van der Waals surface area (Å²) in [5.74, 6) is 0.836. The second kappa shape index (κ2) is 5.14. The minimum Gasteiger partial charge on any atom is -0.436 e. The number of carbonyl (C=O) groups is 1. The number of hydrogen-bond acceptors (Lipinski definition) is 3. The van der Waals surface area contributed by atoms with E-state index < -0.39 is 0 Å². The highest BCUT2D eigenvalue weighted by atomic mass is 35.5. The molecule has 0 spiro atoms. The summed E-state index contributed by atoms with van der Waals surface area (Å²) in [6.07, 6.45) is 1.99. The maximum atomic E-state index is 11.7. The van der Waals surface area contributed by atoms with Crippen LogP contribution in [0.1, 0.15) is 12.8 Å². The Hall–Kier alpha value is -2.33. The SMILES string of the molecule is O=C(Nc1ccc(-c2nc3cc(Cl)ccc3o2)cc1)C1CC1. The predicted octanol–water partition coefficient (Wildman–Crippen LogP) is 4.50. The molecule has 110 valence electrons. The molecule has 0 saturated heterocycles.